The van der Waals surface area contributed by atoms with Crippen LogP contribution >= 0.6 is 11.3 Å². The molecule has 21 heavy (non-hydrogen) atoms. The van der Waals surface area contributed by atoms with Crippen molar-refractivity contribution >= 4 is 37.2 Å². The summed E-state index contributed by atoms with van der Waals surface area (Å²) in [6, 6.07) is 1.33. The van der Waals surface area contributed by atoms with Crippen LogP contribution in [0, 0.1) is 0 Å². The zero-order chi connectivity index (χ0) is 15.8. The molecule has 2 heterocycles. The second-order valence-corrected chi connectivity index (χ2v) is 9.86. The lowest BCUT2D eigenvalue weighted by molar-refractivity contribution is 0.0602. The molecule has 1 fully saturated rings. The van der Waals surface area contributed by atoms with Crippen LogP contribution in [0.2, 0.25) is 0 Å². The van der Waals surface area contributed by atoms with Gasteiger partial charge in [0.25, 0.3) is 0 Å². The number of esters is 1. The fourth-order valence-corrected chi connectivity index (χ4v) is 6.03. The van der Waals surface area contributed by atoms with Crippen LogP contribution in [0.15, 0.2) is 16.3 Å². The highest BCUT2D eigenvalue weighted by Gasteiger charge is 2.38. The van der Waals surface area contributed by atoms with Crippen LogP contribution in [0.4, 0.5) is 0 Å². The number of carbonyl (C=O) groups is 1. The zero-order valence-corrected chi connectivity index (χ0v) is 13.9. The number of thiophene rings is 1. The summed E-state index contributed by atoms with van der Waals surface area (Å²) in [6.45, 7) is 0.0359. The Balaban J connectivity index is 2.33. The van der Waals surface area contributed by atoms with Gasteiger partial charge in [-0.15, -0.1) is 11.3 Å². The molecule has 1 aromatic rings. The van der Waals surface area contributed by atoms with E-state index in [0.717, 1.165) is 21.9 Å². The van der Waals surface area contributed by atoms with E-state index in [4.69, 9.17) is 0 Å². The molecule has 0 saturated carbocycles. The third-order valence-electron chi connectivity index (χ3n) is 3.33. The number of hydrogen-bond donors (Lipinski definition) is 0. The van der Waals surface area contributed by atoms with E-state index in [-0.39, 0.29) is 29.3 Å². The SMILES string of the molecule is COC(=O)c1sccc1S(=O)(=O)N1CCC(S(C)(=O)=O)C1. The van der Waals surface area contributed by atoms with Crippen LogP contribution in [-0.4, -0.2) is 58.8 Å². The lowest BCUT2D eigenvalue weighted by atomic mass is 10.4. The normalized spacial score (nSPS) is 20.6. The van der Waals surface area contributed by atoms with Crippen molar-refractivity contribution in [3.05, 3.63) is 16.3 Å². The number of sulfonamides is 1. The third-order valence-corrected chi connectivity index (χ3v) is 7.86. The largest absolute Gasteiger partial charge is 0.465 e. The molecule has 0 bridgehead atoms. The van der Waals surface area contributed by atoms with Crippen molar-refractivity contribution in [3.63, 3.8) is 0 Å². The maximum Gasteiger partial charge on any atom is 0.349 e. The summed E-state index contributed by atoms with van der Waals surface area (Å²) in [7, 11) is -6.01. The molecule has 1 atom stereocenters. The Kier molecular flexibility index (Phi) is 4.43. The van der Waals surface area contributed by atoms with Gasteiger partial charge < -0.3 is 4.74 Å². The van der Waals surface area contributed by atoms with Gasteiger partial charge in [-0.1, -0.05) is 0 Å². The molecule has 1 unspecified atom stereocenters. The van der Waals surface area contributed by atoms with E-state index in [2.05, 4.69) is 4.74 Å². The Morgan fingerprint density at radius 2 is 2.05 bits per heavy atom. The van der Waals surface area contributed by atoms with Gasteiger partial charge in [-0.25, -0.2) is 21.6 Å². The highest BCUT2D eigenvalue weighted by molar-refractivity contribution is 7.91. The molecule has 0 amide bonds. The van der Waals surface area contributed by atoms with E-state index in [1.807, 2.05) is 0 Å². The van der Waals surface area contributed by atoms with Crippen molar-refractivity contribution in [2.24, 2.45) is 0 Å². The van der Waals surface area contributed by atoms with Gasteiger partial charge in [0.1, 0.15) is 9.77 Å². The first-order valence-corrected chi connectivity index (χ1v) is 10.3. The Morgan fingerprint density at radius 1 is 1.38 bits per heavy atom. The molecule has 10 heteroatoms. The summed E-state index contributed by atoms with van der Waals surface area (Å²) >= 11 is 0.976. The maximum atomic E-state index is 12.5. The van der Waals surface area contributed by atoms with Gasteiger partial charge in [0.15, 0.2) is 9.84 Å². The standard InChI is InChI=1S/C11H15NO6S3/c1-18-11(13)10-9(4-6-19-10)21(16,17)12-5-3-8(7-12)20(2,14)15/h4,6,8H,3,5,7H2,1-2H3. The number of methoxy groups -OCH3 is 1. The fourth-order valence-electron chi connectivity index (χ4n) is 2.15. The molecule has 1 saturated heterocycles. The van der Waals surface area contributed by atoms with E-state index in [1.165, 1.54) is 18.6 Å². The molecule has 0 aliphatic carbocycles. The van der Waals surface area contributed by atoms with Crippen molar-refractivity contribution in [1.29, 1.82) is 0 Å². The molecule has 0 radical (unpaired) electrons. The first-order chi connectivity index (χ1) is 9.67. The topological polar surface area (TPSA) is 97.8 Å². The average Bonchev–Trinajstić information content (AvgIpc) is 3.05. The van der Waals surface area contributed by atoms with E-state index in [0.29, 0.717) is 0 Å². The lowest BCUT2D eigenvalue weighted by Gasteiger charge is -2.16. The van der Waals surface area contributed by atoms with Gasteiger partial charge in [-0.2, -0.15) is 4.31 Å². The molecular formula is C11H15NO6S3. The maximum absolute atomic E-state index is 12.5. The second-order valence-electron chi connectivity index (χ2n) is 4.71. The van der Waals surface area contributed by atoms with Crippen LogP contribution in [0.5, 0.6) is 0 Å². The minimum Gasteiger partial charge on any atom is -0.465 e. The van der Waals surface area contributed by atoms with Gasteiger partial charge in [0, 0.05) is 19.3 Å². The summed E-state index contributed by atoms with van der Waals surface area (Å²) in [4.78, 5) is 11.5. The van der Waals surface area contributed by atoms with Crippen LogP contribution < -0.4 is 0 Å². The summed E-state index contributed by atoms with van der Waals surface area (Å²) in [6.07, 6.45) is 1.36. The van der Waals surface area contributed by atoms with E-state index < -0.39 is 31.1 Å². The van der Waals surface area contributed by atoms with Gasteiger partial charge in [-0.05, 0) is 17.9 Å². The first-order valence-electron chi connectivity index (χ1n) is 6.02. The highest BCUT2D eigenvalue weighted by atomic mass is 32.2. The summed E-state index contributed by atoms with van der Waals surface area (Å²) in [5, 5.41) is 0.788. The van der Waals surface area contributed by atoms with Crippen LogP contribution in [0.3, 0.4) is 0 Å². The van der Waals surface area contributed by atoms with Gasteiger partial charge in [0.2, 0.25) is 10.0 Å². The number of rotatable bonds is 4. The molecule has 0 aromatic carbocycles. The minimum atomic E-state index is -3.90. The molecule has 2 rings (SSSR count). The van der Waals surface area contributed by atoms with Gasteiger partial charge in [0.05, 0.1) is 12.4 Å². The molecule has 1 aliphatic heterocycles. The quantitative estimate of drug-likeness (QED) is 0.724. The first kappa shape index (κ1) is 16.4. The number of hydrogen-bond acceptors (Lipinski definition) is 7. The summed E-state index contributed by atoms with van der Waals surface area (Å²) in [5.74, 6) is -0.720. The molecular weight excluding hydrogens is 338 g/mol. The molecule has 1 aromatic heterocycles. The molecule has 7 nitrogen and oxygen atoms in total. The Bertz CT molecular complexity index is 749. The number of ether oxygens (including phenoxy) is 1. The van der Waals surface area contributed by atoms with Crippen molar-refractivity contribution < 1.29 is 26.4 Å². The predicted octanol–water partition coefficient (Wildman–Crippen LogP) is 0.342. The minimum absolute atomic E-state index is 0.000283. The van der Waals surface area contributed by atoms with Crippen LogP contribution in [-0.2, 0) is 24.6 Å². The Labute approximate surface area is 127 Å². The van der Waals surface area contributed by atoms with E-state index >= 15 is 0 Å². The fraction of sp³-hybridized carbons (Fsp3) is 0.545. The smallest absolute Gasteiger partial charge is 0.349 e. The number of sulfone groups is 1. The molecule has 1 aliphatic rings. The molecule has 0 spiro atoms. The van der Waals surface area contributed by atoms with Gasteiger partial charge in [-0.3, -0.25) is 0 Å². The van der Waals surface area contributed by atoms with Crippen molar-refractivity contribution in [1.82, 2.24) is 4.31 Å². The van der Waals surface area contributed by atoms with Crippen molar-refractivity contribution in [2.75, 3.05) is 26.5 Å². The third kappa shape index (κ3) is 3.12. The Hall–Kier alpha value is -0.970. The van der Waals surface area contributed by atoms with E-state index in [9.17, 15) is 21.6 Å². The van der Waals surface area contributed by atoms with Crippen LogP contribution in [0.25, 0.3) is 0 Å². The Morgan fingerprint density at radius 3 is 2.57 bits per heavy atom. The number of nitrogens with zero attached hydrogens (tertiary/aromatic N) is 1. The van der Waals surface area contributed by atoms with Crippen LogP contribution in [0.1, 0.15) is 16.1 Å². The molecule has 0 N–H and O–H groups in total. The van der Waals surface area contributed by atoms with Crippen molar-refractivity contribution in [2.45, 2.75) is 16.6 Å². The zero-order valence-electron chi connectivity index (χ0n) is 11.5. The average molecular weight is 353 g/mol. The summed E-state index contributed by atoms with van der Waals surface area (Å²) in [5.41, 5.74) is 0. The van der Waals surface area contributed by atoms with Crippen molar-refractivity contribution in [3.8, 4) is 0 Å². The summed E-state index contributed by atoms with van der Waals surface area (Å²) < 4.78 is 53.8. The number of carbonyl (C=O) groups excluding carboxylic acids is 1. The molecule has 118 valence electrons. The lowest BCUT2D eigenvalue weighted by Crippen LogP contribution is -2.32. The predicted molar refractivity (Wildman–Crippen MR) is 77.7 cm³/mol. The highest BCUT2D eigenvalue weighted by Crippen LogP contribution is 2.29. The van der Waals surface area contributed by atoms with E-state index in [1.54, 1.807) is 0 Å². The van der Waals surface area contributed by atoms with Gasteiger partial charge >= 0.3 is 5.97 Å². The second kappa shape index (κ2) is 5.67. The monoisotopic (exact) mass is 353 g/mol.